The van der Waals surface area contributed by atoms with Crippen molar-refractivity contribution >= 4 is 5.91 Å². The van der Waals surface area contributed by atoms with Crippen LogP contribution in [0, 0.1) is 0 Å². The first-order valence-electron chi connectivity index (χ1n) is 8.02. The van der Waals surface area contributed by atoms with Crippen LogP contribution in [-0.2, 0) is 4.74 Å². The van der Waals surface area contributed by atoms with Crippen molar-refractivity contribution in [1.29, 1.82) is 0 Å². The van der Waals surface area contributed by atoms with Gasteiger partial charge in [0.25, 0.3) is 5.91 Å². The lowest BCUT2D eigenvalue weighted by Crippen LogP contribution is -2.39. The van der Waals surface area contributed by atoms with E-state index >= 15 is 0 Å². The SMILES string of the molecule is CO[C@H]1C[C@@H](CN(C)C(=O)c2ccc(OC(C)C)cn2)N(C)C1. The van der Waals surface area contributed by atoms with Gasteiger partial charge in [0.1, 0.15) is 11.4 Å². The van der Waals surface area contributed by atoms with E-state index in [1.807, 2.05) is 20.9 Å². The summed E-state index contributed by atoms with van der Waals surface area (Å²) >= 11 is 0. The van der Waals surface area contributed by atoms with Crippen LogP contribution in [0.25, 0.3) is 0 Å². The number of carbonyl (C=O) groups is 1. The van der Waals surface area contributed by atoms with Crippen LogP contribution in [0.15, 0.2) is 18.3 Å². The fourth-order valence-electron chi connectivity index (χ4n) is 2.86. The number of amides is 1. The number of methoxy groups -OCH3 is 1. The fourth-order valence-corrected chi connectivity index (χ4v) is 2.86. The summed E-state index contributed by atoms with van der Waals surface area (Å²) in [6.45, 7) is 5.49. The van der Waals surface area contributed by atoms with Crippen LogP contribution < -0.4 is 4.74 Å². The van der Waals surface area contributed by atoms with E-state index in [0.29, 0.717) is 24.0 Å². The van der Waals surface area contributed by atoms with E-state index in [9.17, 15) is 4.79 Å². The van der Waals surface area contributed by atoms with E-state index in [1.54, 1.807) is 30.3 Å². The number of pyridine rings is 1. The minimum Gasteiger partial charge on any atom is -0.489 e. The summed E-state index contributed by atoms with van der Waals surface area (Å²) in [4.78, 5) is 20.7. The Hall–Kier alpha value is -1.66. The van der Waals surface area contributed by atoms with E-state index in [0.717, 1.165) is 13.0 Å². The monoisotopic (exact) mass is 321 g/mol. The van der Waals surface area contributed by atoms with E-state index in [4.69, 9.17) is 9.47 Å². The fraction of sp³-hybridized carbons (Fsp3) is 0.647. The van der Waals surface area contributed by atoms with Gasteiger partial charge in [-0.3, -0.25) is 9.69 Å². The number of likely N-dealkylation sites (N-methyl/N-ethyl adjacent to an activating group) is 2. The Labute approximate surface area is 138 Å². The van der Waals surface area contributed by atoms with Crippen LogP contribution in [-0.4, -0.2) is 73.2 Å². The lowest BCUT2D eigenvalue weighted by Gasteiger charge is -2.25. The number of likely N-dealkylation sites (tertiary alicyclic amines) is 1. The summed E-state index contributed by atoms with van der Waals surface area (Å²) in [5.74, 6) is 0.605. The van der Waals surface area contributed by atoms with Crippen molar-refractivity contribution in [3.8, 4) is 5.75 Å². The molecule has 0 N–H and O–H groups in total. The molecule has 0 spiro atoms. The number of nitrogens with zero attached hydrogens (tertiary/aromatic N) is 3. The summed E-state index contributed by atoms with van der Waals surface area (Å²) in [7, 11) is 5.62. The quantitative estimate of drug-likeness (QED) is 0.797. The molecule has 2 heterocycles. The Bertz CT molecular complexity index is 518. The zero-order valence-electron chi connectivity index (χ0n) is 14.7. The Balaban J connectivity index is 1.94. The van der Waals surface area contributed by atoms with Crippen LogP contribution in [0.4, 0.5) is 0 Å². The number of carbonyl (C=O) groups excluding carboxylic acids is 1. The smallest absolute Gasteiger partial charge is 0.272 e. The second kappa shape index (κ2) is 7.75. The minimum absolute atomic E-state index is 0.0737. The molecule has 6 heteroatoms. The predicted molar refractivity (Wildman–Crippen MR) is 88.8 cm³/mol. The zero-order valence-corrected chi connectivity index (χ0v) is 14.7. The van der Waals surface area contributed by atoms with Crippen molar-refractivity contribution < 1.29 is 14.3 Å². The molecule has 0 aromatic carbocycles. The van der Waals surface area contributed by atoms with Gasteiger partial charge in [-0.15, -0.1) is 0 Å². The van der Waals surface area contributed by atoms with Crippen molar-refractivity contribution in [2.75, 3.05) is 34.3 Å². The molecule has 1 aliphatic rings. The summed E-state index contributed by atoms with van der Waals surface area (Å²) in [5.41, 5.74) is 0.438. The average molecular weight is 321 g/mol. The summed E-state index contributed by atoms with van der Waals surface area (Å²) in [6, 6.07) is 3.82. The highest BCUT2D eigenvalue weighted by molar-refractivity contribution is 5.92. The number of ether oxygens (including phenoxy) is 2. The van der Waals surface area contributed by atoms with Crippen molar-refractivity contribution in [2.24, 2.45) is 0 Å². The molecule has 0 unspecified atom stereocenters. The number of hydrogen-bond donors (Lipinski definition) is 0. The van der Waals surface area contributed by atoms with Gasteiger partial charge in [0.05, 0.1) is 18.4 Å². The predicted octanol–water partition coefficient (Wildman–Crippen LogP) is 1.66. The van der Waals surface area contributed by atoms with Gasteiger partial charge in [0.15, 0.2) is 0 Å². The Morgan fingerprint density at radius 1 is 1.48 bits per heavy atom. The molecule has 1 amide bonds. The van der Waals surface area contributed by atoms with E-state index < -0.39 is 0 Å². The maximum absolute atomic E-state index is 12.5. The highest BCUT2D eigenvalue weighted by Crippen LogP contribution is 2.19. The second-order valence-electron chi connectivity index (χ2n) is 6.42. The van der Waals surface area contributed by atoms with Crippen LogP contribution in [0.1, 0.15) is 30.8 Å². The van der Waals surface area contributed by atoms with Crippen LogP contribution in [0.5, 0.6) is 5.75 Å². The topological polar surface area (TPSA) is 54.9 Å². The Morgan fingerprint density at radius 2 is 2.22 bits per heavy atom. The molecule has 23 heavy (non-hydrogen) atoms. The van der Waals surface area contributed by atoms with Gasteiger partial charge in [0, 0.05) is 33.3 Å². The van der Waals surface area contributed by atoms with Gasteiger partial charge >= 0.3 is 0 Å². The standard InChI is InChI=1S/C17H27N3O3/c1-12(2)23-14-6-7-16(18-9-14)17(21)20(4)10-13-8-15(22-5)11-19(13)3/h6-7,9,12-13,15H,8,10-11H2,1-5H3/t13-,15-/m0/s1. The summed E-state index contributed by atoms with van der Waals surface area (Å²) in [5, 5.41) is 0. The third-order valence-electron chi connectivity index (χ3n) is 4.14. The summed E-state index contributed by atoms with van der Waals surface area (Å²) < 4.78 is 11.0. The molecule has 0 saturated carbocycles. The van der Waals surface area contributed by atoms with E-state index in [-0.39, 0.29) is 18.1 Å². The first kappa shape index (κ1) is 17.7. The maximum atomic E-state index is 12.5. The third-order valence-corrected chi connectivity index (χ3v) is 4.14. The molecule has 6 nitrogen and oxygen atoms in total. The van der Waals surface area contributed by atoms with Crippen LogP contribution >= 0.6 is 0 Å². The van der Waals surface area contributed by atoms with Crippen molar-refractivity contribution in [3.63, 3.8) is 0 Å². The van der Waals surface area contributed by atoms with Crippen molar-refractivity contribution in [3.05, 3.63) is 24.0 Å². The van der Waals surface area contributed by atoms with Crippen LogP contribution in [0.3, 0.4) is 0 Å². The molecular weight excluding hydrogens is 294 g/mol. The molecular formula is C17H27N3O3. The number of aromatic nitrogens is 1. The number of rotatable bonds is 6. The van der Waals surface area contributed by atoms with Gasteiger partial charge in [-0.05, 0) is 39.4 Å². The zero-order chi connectivity index (χ0) is 17.0. The Kier molecular flexibility index (Phi) is 5.96. The molecule has 0 bridgehead atoms. The molecule has 0 radical (unpaired) electrons. The first-order valence-corrected chi connectivity index (χ1v) is 8.02. The molecule has 1 aromatic heterocycles. The first-order chi connectivity index (χ1) is 10.9. The van der Waals surface area contributed by atoms with Crippen molar-refractivity contribution in [1.82, 2.24) is 14.8 Å². The van der Waals surface area contributed by atoms with Gasteiger partial charge in [0.2, 0.25) is 0 Å². The maximum Gasteiger partial charge on any atom is 0.272 e. The van der Waals surface area contributed by atoms with E-state index in [2.05, 4.69) is 16.9 Å². The summed E-state index contributed by atoms with van der Waals surface area (Å²) in [6.07, 6.45) is 2.88. The minimum atomic E-state index is -0.0737. The van der Waals surface area contributed by atoms with Gasteiger partial charge in [-0.2, -0.15) is 0 Å². The second-order valence-corrected chi connectivity index (χ2v) is 6.42. The van der Waals surface area contributed by atoms with Gasteiger partial charge in [-0.1, -0.05) is 0 Å². The normalized spacial score (nSPS) is 21.7. The van der Waals surface area contributed by atoms with E-state index in [1.165, 1.54) is 0 Å². The van der Waals surface area contributed by atoms with Crippen LogP contribution in [0.2, 0.25) is 0 Å². The third kappa shape index (κ3) is 4.65. The lowest BCUT2D eigenvalue weighted by molar-refractivity contribution is 0.0754. The molecule has 1 saturated heterocycles. The molecule has 2 rings (SSSR count). The largest absolute Gasteiger partial charge is 0.489 e. The highest BCUT2D eigenvalue weighted by Gasteiger charge is 2.31. The molecule has 0 aliphatic carbocycles. The lowest BCUT2D eigenvalue weighted by atomic mass is 10.2. The van der Waals surface area contributed by atoms with Gasteiger partial charge < -0.3 is 14.4 Å². The molecule has 1 aliphatic heterocycles. The van der Waals surface area contributed by atoms with Crippen molar-refractivity contribution in [2.45, 2.75) is 38.5 Å². The Morgan fingerprint density at radius 3 is 2.74 bits per heavy atom. The average Bonchev–Trinajstić information content (AvgIpc) is 2.87. The highest BCUT2D eigenvalue weighted by atomic mass is 16.5. The molecule has 1 aromatic rings. The molecule has 2 atom stereocenters. The van der Waals surface area contributed by atoms with Gasteiger partial charge in [-0.25, -0.2) is 4.98 Å². The molecule has 128 valence electrons. The number of hydrogen-bond acceptors (Lipinski definition) is 5. The molecule has 1 fully saturated rings.